The van der Waals surface area contributed by atoms with Gasteiger partial charge in [0.15, 0.2) is 0 Å². The molecule has 1 aromatic carbocycles. The Hall–Kier alpha value is -1.79. The summed E-state index contributed by atoms with van der Waals surface area (Å²) in [5.74, 6) is -0.732. The van der Waals surface area contributed by atoms with Crippen LogP contribution in [-0.2, 0) is 14.3 Å². The second-order valence-electron chi connectivity index (χ2n) is 5.86. The summed E-state index contributed by atoms with van der Waals surface area (Å²) in [7, 11) is 0. The summed E-state index contributed by atoms with van der Waals surface area (Å²) < 4.78 is 6.74. The minimum Gasteiger partial charge on any atom is -0.373 e. The van der Waals surface area contributed by atoms with Gasteiger partial charge in [-0.15, -0.1) is 11.3 Å². The van der Waals surface area contributed by atoms with Gasteiger partial charge >= 0.3 is 0 Å². The number of imide groups is 1. The number of carbonyl (C=O) groups is 2. The minimum atomic E-state index is -0.270. The van der Waals surface area contributed by atoms with Crippen LogP contribution in [0, 0.1) is 11.8 Å². The Balaban J connectivity index is 1.60. The summed E-state index contributed by atoms with van der Waals surface area (Å²) in [6.07, 6.45) is 1.67. The van der Waals surface area contributed by atoms with Gasteiger partial charge in [0.2, 0.25) is 11.8 Å². The highest BCUT2D eigenvalue weighted by Crippen LogP contribution is 2.49. The summed E-state index contributed by atoms with van der Waals surface area (Å²) in [5, 5.41) is 0. The average Bonchev–Trinajstić information content (AvgIpc) is 3.22. The van der Waals surface area contributed by atoms with E-state index in [4.69, 9.17) is 4.74 Å². The predicted octanol–water partition coefficient (Wildman–Crippen LogP) is 1.96. The van der Waals surface area contributed by atoms with Gasteiger partial charge in [0.05, 0.1) is 45.5 Å². The van der Waals surface area contributed by atoms with E-state index in [1.165, 1.54) is 16.2 Å². The smallest absolute Gasteiger partial charge is 0.240 e. The molecule has 2 aromatic rings. The van der Waals surface area contributed by atoms with E-state index in [2.05, 4.69) is 4.98 Å². The number of aromatic nitrogens is 1. The minimum absolute atomic E-state index is 0.0615. The number of fused-ring (bicyclic) bond motifs is 6. The molecule has 21 heavy (non-hydrogen) atoms. The highest BCUT2D eigenvalue weighted by Gasteiger charge is 2.62. The number of anilines is 1. The predicted molar refractivity (Wildman–Crippen MR) is 77.0 cm³/mol. The zero-order valence-corrected chi connectivity index (χ0v) is 11.9. The molecule has 3 aliphatic rings. The molecule has 3 saturated heterocycles. The molecular formula is C15H12N2O3S. The van der Waals surface area contributed by atoms with Gasteiger partial charge in [-0.3, -0.25) is 9.59 Å². The van der Waals surface area contributed by atoms with Crippen LogP contribution in [0.1, 0.15) is 12.8 Å². The average molecular weight is 300 g/mol. The fraction of sp³-hybridized carbons (Fsp3) is 0.400. The van der Waals surface area contributed by atoms with Crippen molar-refractivity contribution in [3.05, 3.63) is 23.7 Å². The van der Waals surface area contributed by atoms with Crippen LogP contribution in [0.5, 0.6) is 0 Å². The monoisotopic (exact) mass is 300 g/mol. The van der Waals surface area contributed by atoms with Gasteiger partial charge in [0, 0.05) is 0 Å². The molecule has 1 aromatic heterocycles. The van der Waals surface area contributed by atoms with Crippen molar-refractivity contribution in [3.63, 3.8) is 0 Å². The highest BCUT2D eigenvalue weighted by molar-refractivity contribution is 7.16. The summed E-state index contributed by atoms with van der Waals surface area (Å²) in [6.45, 7) is 0. The van der Waals surface area contributed by atoms with Crippen LogP contribution in [0.25, 0.3) is 10.2 Å². The summed E-state index contributed by atoms with van der Waals surface area (Å²) >= 11 is 1.51. The first kappa shape index (κ1) is 11.8. The van der Waals surface area contributed by atoms with Crippen molar-refractivity contribution in [2.24, 2.45) is 11.8 Å². The Labute approximate surface area is 124 Å². The number of nitrogens with zero attached hydrogens (tertiary/aromatic N) is 2. The molecule has 3 aliphatic heterocycles. The van der Waals surface area contributed by atoms with E-state index in [1.807, 2.05) is 18.2 Å². The molecule has 2 bridgehead atoms. The molecule has 106 valence electrons. The first-order chi connectivity index (χ1) is 10.2. The number of amides is 2. The largest absolute Gasteiger partial charge is 0.373 e. The third-order valence-corrected chi connectivity index (χ3v) is 5.65. The third-order valence-electron chi connectivity index (χ3n) is 4.86. The van der Waals surface area contributed by atoms with Crippen LogP contribution in [0.4, 0.5) is 5.69 Å². The Kier molecular flexibility index (Phi) is 2.19. The summed E-state index contributed by atoms with van der Waals surface area (Å²) in [4.78, 5) is 30.9. The van der Waals surface area contributed by atoms with E-state index in [0.29, 0.717) is 5.69 Å². The van der Waals surface area contributed by atoms with Crippen LogP contribution in [0.3, 0.4) is 0 Å². The standard InChI is InChI=1S/C15H12N2O3S/c18-14-12-9-3-4-10(20-9)13(12)15(19)17(14)7-1-2-8-11(5-7)21-6-16-8/h1-2,5-6,9-10,12-13H,3-4H2/t9-,10+,12-,13+. The number of ether oxygens (including phenoxy) is 1. The molecule has 0 N–H and O–H groups in total. The van der Waals surface area contributed by atoms with Gasteiger partial charge in [-0.25, -0.2) is 9.88 Å². The topological polar surface area (TPSA) is 59.5 Å². The molecule has 5 nitrogen and oxygen atoms in total. The van der Waals surface area contributed by atoms with E-state index < -0.39 is 0 Å². The van der Waals surface area contributed by atoms with Crippen molar-refractivity contribution in [2.45, 2.75) is 25.0 Å². The van der Waals surface area contributed by atoms with Gasteiger partial charge in [0.1, 0.15) is 0 Å². The first-order valence-corrected chi connectivity index (χ1v) is 7.98. The van der Waals surface area contributed by atoms with Crippen molar-refractivity contribution >= 4 is 39.1 Å². The molecule has 0 spiro atoms. The summed E-state index contributed by atoms with van der Waals surface area (Å²) in [6, 6.07) is 5.55. The van der Waals surface area contributed by atoms with Crippen LogP contribution in [0.2, 0.25) is 0 Å². The van der Waals surface area contributed by atoms with Gasteiger partial charge in [0.25, 0.3) is 0 Å². The molecule has 4 heterocycles. The van der Waals surface area contributed by atoms with Crippen LogP contribution in [0.15, 0.2) is 23.7 Å². The van der Waals surface area contributed by atoms with Crippen LogP contribution < -0.4 is 4.90 Å². The maximum atomic E-state index is 12.7. The number of hydrogen-bond acceptors (Lipinski definition) is 5. The van der Waals surface area contributed by atoms with Gasteiger partial charge in [-0.2, -0.15) is 0 Å². The van der Waals surface area contributed by atoms with Gasteiger partial charge in [-0.1, -0.05) is 0 Å². The molecule has 5 rings (SSSR count). The Morgan fingerprint density at radius 2 is 1.86 bits per heavy atom. The summed E-state index contributed by atoms with van der Waals surface area (Å²) in [5.41, 5.74) is 3.33. The molecule has 3 fully saturated rings. The highest BCUT2D eigenvalue weighted by atomic mass is 32.1. The molecule has 0 saturated carbocycles. The van der Waals surface area contributed by atoms with E-state index in [-0.39, 0.29) is 35.9 Å². The molecule has 0 aliphatic carbocycles. The third kappa shape index (κ3) is 1.41. The van der Waals surface area contributed by atoms with Crippen LogP contribution >= 0.6 is 11.3 Å². The van der Waals surface area contributed by atoms with Crippen molar-refractivity contribution in [2.75, 3.05) is 4.90 Å². The van der Waals surface area contributed by atoms with Crippen molar-refractivity contribution in [3.8, 4) is 0 Å². The SMILES string of the molecule is O=C1[C@@H]2[C@H](C(=O)N1c1ccc3ncsc3c1)[C@H]1CC[C@@H]2O1. The normalized spacial score (nSPS) is 34.2. The van der Waals surface area contributed by atoms with Gasteiger partial charge < -0.3 is 4.74 Å². The lowest BCUT2D eigenvalue weighted by Crippen LogP contribution is -2.34. The number of benzene rings is 1. The zero-order valence-electron chi connectivity index (χ0n) is 11.1. The fourth-order valence-corrected chi connectivity index (χ4v) is 4.66. The Bertz CT molecular complexity index is 758. The van der Waals surface area contributed by atoms with E-state index in [1.54, 1.807) is 5.51 Å². The van der Waals surface area contributed by atoms with E-state index in [9.17, 15) is 9.59 Å². The Morgan fingerprint density at radius 3 is 2.57 bits per heavy atom. The molecule has 0 unspecified atom stereocenters. The quantitative estimate of drug-likeness (QED) is 0.755. The van der Waals surface area contributed by atoms with Gasteiger partial charge in [-0.05, 0) is 31.0 Å². The maximum absolute atomic E-state index is 12.7. The lowest BCUT2D eigenvalue weighted by molar-refractivity contribution is -0.124. The van der Waals surface area contributed by atoms with Crippen molar-refractivity contribution in [1.82, 2.24) is 4.98 Å². The zero-order chi connectivity index (χ0) is 14.1. The maximum Gasteiger partial charge on any atom is 0.240 e. The number of hydrogen-bond donors (Lipinski definition) is 0. The lowest BCUT2D eigenvalue weighted by Gasteiger charge is -2.17. The molecule has 0 radical (unpaired) electrons. The van der Waals surface area contributed by atoms with Crippen molar-refractivity contribution in [1.29, 1.82) is 0 Å². The Morgan fingerprint density at radius 1 is 1.14 bits per heavy atom. The molecule has 2 amide bonds. The number of rotatable bonds is 1. The first-order valence-electron chi connectivity index (χ1n) is 7.10. The lowest BCUT2D eigenvalue weighted by atomic mass is 9.81. The molecule has 6 heteroatoms. The van der Waals surface area contributed by atoms with Crippen molar-refractivity contribution < 1.29 is 14.3 Å². The molecular weight excluding hydrogens is 288 g/mol. The number of thiazole rings is 1. The fourth-order valence-electron chi connectivity index (χ4n) is 3.95. The number of carbonyl (C=O) groups excluding carboxylic acids is 2. The van der Waals surface area contributed by atoms with Crippen LogP contribution in [-0.4, -0.2) is 29.0 Å². The van der Waals surface area contributed by atoms with E-state index >= 15 is 0 Å². The van der Waals surface area contributed by atoms with E-state index in [0.717, 1.165) is 23.1 Å². The molecule has 4 atom stereocenters. The second kappa shape index (κ2) is 3.90. The second-order valence-corrected chi connectivity index (χ2v) is 6.74.